The first-order valence-electron chi connectivity index (χ1n) is 14.3. The lowest BCUT2D eigenvalue weighted by Gasteiger charge is -2.18. The molecule has 5 nitrogen and oxygen atoms in total. The summed E-state index contributed by atoms with van der Waals surface area (Å²) < 4.78 is 32.6. The fourth-order valence-electron chi connectivity index (χ4n) is 4.49. The number of phenolic OH excluding ortho intramolecular Hbond substituents is 1. The Labute approximate surface area is 225 Å². The fraction of sp³-hybridized carbons (Fsp3) is 0.581. The molecule has 0 aliphatic heterocycles. The van der Waals surface area contributed by atoms with Gasteiger partial charge in [0.2, 0.25) is 0 Å². The quantitative estimate of drug-likeness (QED) is 0.0852. The van der Waals surface area contributed by atoms with Crippen LogP contribution in [0.2, 0.25) is 0 Å². The average Bonchev–Trinajstić information content (AvgIpc) is 2.89. The number of benzene rings is 2. The molecule has 0 aromatic heterocycles. The molecule has 0 bridgehead atoms. The Kier molecular flexibility index (Phi) is 15.2. The molecule has 0 heterocycles. The molecule has 0 aliphatic carbocycles. The molecule has 1 atom stereocenters. The van der Waals surface area contributed by atoms with E-state index in [-0.39, 0.29) is 16.9 Å². The van der Waals surface area contributed by atoms with E-state index in [1.54, 1.807) is 36.4 Å². The van der Waals surface area contributed by atoms with Crippen molar-refractivity contribution in [3.63, 3.8) is 0 Å². The third-order valence-corrected chi connectivity index (χ3v) is 7.92. The Morgan fingerprint density at radius 1 is 0.730 bits per heavy atom. The number of aliphatic imine (C=N–C) groups is 1. The van der Waals surface area contributed by atoms with Gasteiger partial charge in [0.1, 0.15) is 5.75 Å². The van der Waals surface area contributed by atoms with Crippen LogP contribution in [-0.4, -0.2) is 24.7 Å². The van der Waals surface area contributed by atoms with Gasteiger partial charge in [-0.05, 0) is 37.1 Å². The van der Waals surface area contributed by atoms with Crippen molar-refractivity contribution in [2.45, 2.75) is 116 Å². The Morgan fingerprint density at radius 3 is 1.81 bits per heavy atom. The normalized spacial score (nSPS) is 13.1. The van der Waals surface area contributed by atoms with Crippen molar-refractivity contribution in [2.75, 3.05) is 0 Å². The van der Waals surface area contributed by atoms with Gasteiger partial charge in [0.25, 0.3) is 0 Å². The van der Waals surface area contributed by atoms with Gasteiger partial charge in [-0.15, -0.1) is 0 Å². The van der Waals surface area contributed by atoms with Gasteiger partial charge in [0, 0.05) is 5.56 Å². The second-order valence-corrected chi connectivity index (χ2v) is 11.4. The summed E-state index contributed by atoms with van der Waals surface area (Å²) in [6, 6.07) is 15.0. The summed E-state index contributed by atoms with van der Waals surface area (Å²) in [5, 5.41) is 9.46. The van der Waals surface area contributed by atoms with Gasteiger partial charge in [-0.25, -0.2) is 4.99 Å². The Morgan fingerprint density at radius 2 is 1.27 bits per heavy atom. The number of hydrogen-bond acceptors (Lipinski definition) is 5. The van der Waals surface area contributed by atoms with Gasteiger partial charge in [0.05, 0.1) is 11.8 Å². The van der Waals surface area contributed by atoms with E-state index in [0.29, 0.717) is 17.7 Å². The number of rotatable bonds is 19. The van der Waals surface area contributed by atoms with Crippen molar-refractivity contribution in [2.24, 2.45) is 4.99 Å². The van der Waals surface area contributed by atoms with Gasteiger partial charge in [-0.2, -0.15) is 8.42 Å². The van der Waals surface area contributed by atoms with Crippen molar-refractivity contribution >= 4 is 20.8 Å². The zero-order valence-electron chi connectivity index (χ0n) is 22.9. The van der Waals surface area contributed by atoms with E-state index >= 15 is 0 Å². The first-order chi connectivity index (χ1) is 18.0. The molecule has 2 aromatic carbocycles. The minimum atomic E-state index is -4.08. The molecule has 0 saturated heterocycles. The molecular weight excluding hydrogens is 482 g/mol. The third-order valence-electron chi connectivity index (χ3n) is 6.59. The lowest BCUT2D eigenvalue weighted by molar-refractivity contribution is 0.187. The molecule has 0 radical (unpaired) electrons. The van der Waals surface area contributed by atoms with Crippen molar-refractivity contribution in [3.8, 4) is 5.75 Å². The summed E-state index contributed by atoms with van der Waals surface area (Å²) >= 11 is 0. The van der Waals surface area contributed by atoms with E-state index < -0.39 is 10.1 Å². The first-order valence-corrected chi connectivity index (χ1v) is 15.7. The highest BCUT2D eigenvalue weighted by Gasteiger charge is 2.27. The second kappa shape index (κ2) is 18.1. The van der Waals surface area contributed by atoms with E-state index in [0.717, 1.165) is 25.7 Å². The maximum absolute atomic E-state index is 13.4. The van der Waals surface area contributed by atoms with Crippen LogP contribution in [0.3, 0.4) is 0 Å². The lowest BCUT2D eigenvalue weighted by Crippen LogP contribution is -2.25. The van der Waals surface area contributed by atoms with Crippen molar-refractivity contribution < 1.29 is 17.7 Å². The van der Waals surface area contributed by atoms with Gasteiger partial charge in [0.15, 0.2) is 5.04 Å². The van der Waals surface area contributed by atoms with Crippen molar-refractivity contribution in [3.05, 3.63) is 60.2 Å². The summed E-state index contributed by atoms with van der Waals surface area (Å²) in [6.07, 6.45) is 17.2. The van der Waals surface area contributed by atoms with E-state index in [2.05, 4.69) is 11.9 Å². The minimum Gasteiger partial charge on any atom is -0.508 e. The molecule has 37 heavy (non-hydrogen) atoms. The minimum absolute atomic E-state index is 0.102. The standard InChI is InChI=1S/C31H47NO4S/c1-3-5-6-7-8-9-10-11-12-13-14-18-22-30(19-4-2)36-37(34,35)31(27-20-16-15-17-21-27)32-28-23-25-29(33)26-24-28/h15-17,20-21,23-26,30,33H,3-14,18-19,22H2,1-2H3. The van der Waals surface area contributed by atoms with E-state index in [1.165, 1.54) is 76.3 Å². The number of unbranched alkanes of at least 4 members (excludes halogenated alkanes) is 11. The van der Waals surface area contributed by atoms with Crippen molar-refractivity contribution in [1.82, 2.24) is 0 Å². The molecule has 0 fully saturated rings. The fourth-order valence-corrected chi connectivity index (χ4v) is 5.77. The molecule has 0 saturated carbocycles. The molecule has 1 N–H and O–H groups in total. The maximum atomic E-state index is 13.4. The molecule has 6 heteroatoms. The highest BCUT2D eigenvalue weighted by atomic mass is 32.2. The summed E-state index contributed by atoms with van der Waals surface area (Å²) in [6.45, 7) is 4.30. The van der Waals surface area contributed by atoms with Crippen LogP contribution >= 0.6 is 0 Å². The van der Waals surface area contributed by atoms with Crippen LogP contribution in [0.4, 0.5) is 5.69 Å². The summed E-state index contributed by atoms with van der Waals surface area (Å²) in [5.41, 5.74) is 0.924. The van der Waals surface area contributed by atoms with Gasteiger partial charge in [-0.3, -0.25) is 4.18 Å². The zero-order valence-corrected chi connectivity index (χ0v) is 23.7. The monoisotopic (exact) mass is 529 g/mol. The highest BCUT2D eigenvalue weighted by molar-refractivity contribution is 8.02. The van der Waals surface area contributed by atoms with Crippen LogP contribution in [-0.2, 0) is 14.3 Å². The van der Waals surface area contributed by atoms with Gasteiger partial charge in [-0.1, -0.05) is 128 Å². The molecule has 1 unspecified atom stereocenters. The van der Waals surface area contributed by atoms with Crippen LogP contribution in [0.5, 0.6) is 5.75 Å². The Hall–Kier alpha value is -2.18. The van der Waals surface area contributed by atoms with E-state index in [1.807, 2.05) is 13.0 Å². The number of phenols is 1. The Balaban J connectivity index is 1.88. The summed E-state index contributed by atoms with van der Waals surface area (Å²) in [4.78, 5) is 4.41. The van der Waals surface area contributed by atoms with E-state index in [4.69, 9.17) is 4.18 Å². The second-order valence-electron chi connectivity index (χ2n) is 9.94. The Bertz CT molecular complexity index is 988. The third kappa shape index (κ3) is 12.8. The van der Waals surface area contributed by atoms with Crippen molar-refractivity contribution in [1.29, 1.82) is 0 Å². The largest absolute Gasteiger partial charge is 0.508 e. The smallest absolute Gasteiger partial charge is 0.315 e. The molecule has 206 valence electrons. The highest BCUT2D eigenvalue weighted by Crippen LogP contribution is 2.23. The number of nitrogens with zero attached hydrogens (tertiary/aromatic N) is 1. The van der Waals surface area contributed by atoms with Crippen LogP contribution in [0.25, 0.3) is 0 Å². The molecule has 0 aliphatic rings. The molecule has 0 amide bonds. The molecular formula is C31H47NO4S. The van der Waals surface area contributed by atoms with Crippen LogP contribution in [0, 0.1) is 0 Å². The predicted octanol–water partition coefficient (Wildman–Crippen LogP) is 9.08. The van der Waals surface area contributed by atoms with Gasteiger partial charge >= 0.3 is 10.1 Å². The van der Waals surface area contributed by atoms with Crippen LogP contribution < -0.4 is 0 Å². The van der Waals surface area contributed by atoms with Crippen LogP contribution in [0.15, 0.2) is 59.6 Å². The SMILES string of the molecule is CCCCCCCCCCCCCCC(CCC)OS(=O)(=O)C(=Nc1ccc(O)cc1)c1ccccc1. The molecule has 2 aromatic rings. The number of aromatic hydroxyl groups is 1. The number of hydrogen-bond donors (Lipinski definition) is 1. The lowest BCUT2D eigenvalue weighted by atomic mass is 10.0. The summed E-state index contributed by atoms with van der Waals surface area (Å²) in [7, 11) is -4.08. The molecule has 2 rings (SSSR count). The van der Waals surface area contributed by atoms with Crippen LogP contribution in [0.1, 0.15) is 116 Å². The van der Waals surface area contributed by atoms with Gasteiger partial charge < -0.3 is 5.11 Å². The summed E-state index contributed by atoms with van der Waals surface area (Å²) in [5.74, 6) is 0.102. The van der Waals surface area contributed by atoms with E-state index in [9.17, 15) is 13.5 Å². The first kappa shape index (κ1) is 31.0. The maximum Gasteiger partial charge on any atom is 0.315 e. The molecule has 0 spiro atoms. The topological polar surface area (TPSA) is 76.0 Å². The zero-order chi connectivity index (χ0) is 26.8. The predicted molar refractivity (Wildman–Crippen MR) is 155 cm³/mol. The average molecular weight is 530 g/mol.